The number of hydrogen-bond acceptors (Lipinski definition) is 4. The fourth-order valence-electron chi connectivity index (χ4n) is 6.23. The maximum absolute atomic E-state index is 13.8. The van der Waals surface area contributed by atoms with Gasteiger partial charge in [-0.25, -0.2) is 4.79 Å². The number of nitrogens with one attached hydrogen (secondary N) is 1. The predicted octanol–water partition coefficient (Wildman–Crippen LogP) is 5.63. The number of β-amino-alcohol motifs (C(OH)–C–C–N with tert-alkyl or cyclic N) is 1. The third-order valence-electron chi connectivity index (χ3n) is 8.61. The highest BCUT2D eigenvalue weighted by Gasteiger charge is 2.56. The Hall–Kier alpha value is -2.39. The van der Waals surface area contributed by atoms with E-state index in [-0.39, 0.29) is 18.1 Å². The lowest BCUT2D eigenvalue weighted by molar-refractivity contribution is -0.0918. The lowest BCUT2D eigenvalue weighted by atomic mass is 9.67. The molecule has 0 atom stereocenters. The Balaban J connectivity index is 1.61. The lowest BCUT2D eigenvalue weighted by Crippen LogP contribution is -2.60. The van der Waals surface area contributed by atoms with Crippen LogP contribution < -0.4 is 5.32 Å². The van der Waals surface area contributed by atoms with Crippen molar-refractivity contribution in [3.63, 3.8) is 0 Å². The Bertz CT molecular complexity index is 1010. The molecule has 0 bridgehead atoms. The SMILES string of the molecule is C=C(/N=C\C(=C/C)N1C[C@]2(CC[C@@](NCC)(C3=CCCC=C3)CC2)N(CC2(O)CCC2)C1=O)C(F)(F)F. The number of hydrogen-bond donors (Lipinski definition) is 2. The zero-order valence-electron chi connectivity index (χ0n) is 21.9. The molecule has 4 rings (SSSR count). The van der Waals surface area contributed by atoms with Crippen LogP contribution in [0.3, 0.4) is 0 Å². The quantitative estimate of drug-likeness (QED) is 0.408. The molecule has 37 heavy (non-hydrogen) atoms. The molecule has 2 saturated carbocycles. The van der Waals surface area contributed by atoms with Gasteiger partial charge in [0.15, 0.2) is 0 Å². The highest BCUT2D eigenvalue weighted by molar-refractivity contribution is 5.89. The van der Waals surface area contributed by atoms with Crippen LogP contribution in [0.15, 0.2) is 52.8 Å². The van der Waals surface area contributed by atoms with Crippen LogP contribution in [0.4, 0.5) is 18.0 Å². The average Bonchev–Trinajstić information content (AvgIpc) is 3.11. The van der Waals surface area contributed by atoms with E-state index in [1.807, 2.05) is 4.90 Å². The number of carbonyl (C=O) groups is 1. The molecule has 0 aromatic heterocycles. The molecule has 1 saturated heterocycles. The molecule has 1 aliphatic heterocycles. The average molecular weight is 521 g/mol. The number of aliphatic hydroxyl groups is 1. The summed E-state index contributed by atoms with van der Waals surface area (Å²) in [6, 6.07) is -0.287. The first-order chi connectivity index (χ1) is 17.5. The molecule has 0 aromatic carbocycles. The largest absolute Gasteiger partial charge is 0.432 e. The summed E-state index contributed by atoms with van der Waals surface area (Å²) in [7, 11) is 0. The first-order valence-electron chi connectivity index (χ1n) is 13.4. The molecular formula is C28H39F3N4O2. The monoisotopic (exact) mass is 520 g/mol. The van der Waals surface area contributed by atoms with Crippen LogP contribution in [0, 0.1) is 0 Å². The number of alkyl halides is 3. The summed E-state index contributed by atoms with van der Waals surface area (Å²) in [5, 5.41) is 14.7. The molecule has 1 spiro atoms. The molecule has 0 radical (unpaired) electrons. The number of nitrogens with zero attached hydrogens (tertiary/aromatic N) is 3. The summed E-state index contributed by atoms with van der Waals surface area (Å²) in [6.45, 7) is 8.21. The minimum absolute atomic E-state index is 0.165. The molecule has 9 heteroatoms. The molecule has 204 valence electrons. The number of allylic oxidation sites excluding steroid dienone is 5. The fourth-order valence-corrected chi connectivity index (χ4v) is 6.23. The molecule has 0 unspecified atom stereocenters. The Labute approximate surface area is 217 Å². The summed E-state index contributed by atoms with van der Waals surface area (Å²) >= 11 is 0. The van der Waals surface area contributed by atoms with Crippen LogP contribution >= 0.6 is 0 Å². The van der Waals surface area contributed by atoms with Crippen LogP contribution in [0.2, 0.25) is 0 Å². The number of urea groups is 1. The van der Waals surface area contributed by atoms with E-state index in [1.54, 1.807) is 13.0 Å². The lowest BCUT2D eigenvalue weighted by Gasteiger charge is -2.51. The summed E-state index contributed by atoms with van der Waals surface area (Å²) in [4.78, 5) is 20.6. The van der Waals surface area contributed by atoms with Gasteiger partial charge in [-0.3, -0.25) is 9.89 Å². The predicted molar refractivity (Wildman–Crippen MR) is 139 cm³/mol. The Morgan fingerprint density at radius 2 is 1.92 bits per heavy atom. The van der Waals surface area contributed by atoms with Crippen molar-refractivity contribution in [2.24, 2.45) is 4.99 Å². The molecule has 3 fully saturated rings. The molecule has 3 aliphatic carbocycles. The minimum Gasteiger partial charge on any atom is -0.388 e. The van der Waals surface area contributed by atoms with E-state index < -0.39 is 23.0 Å². The van der Waals surface area contributed by atoms with Crippen LogP contribution in [0.5, 0.6) is 0 Å². The van der Waals surface area contributed by atoms with E-state index in [1.165, 1.54) is 10.5 Å². The molecule has 6 nitrogen and oxygen atoms in total. The Kier molecular flexibility index (Phi) is 7.77. The Morgan fingerprint density at radius 1 is 1.22 bits per heavy atom. The number of likely N-dealkylation sites (N-methyl/N-ethyl adjacent to an activating group) is 1. The second-order valence-corrected chi connectivity index (χ2v) is 10.9. The highest BCUT2D eigenvalue weighted by Crippen LogP contribution is 2.48. The third kappa shape index (κ3) is 5.43. The molecule has 4 aliphatic rings. The van der Waals surface area contributed by atoms with Gasteiger partial charge in [-0.1, -0.05) is 37.8 Å². The molecular weight excluding hydrogens is 481 g/mol. The molecule has 1 heterocycles. The van der Waals surface area contributed by atoms with Crippen molar-refractivity contribution in [3.8, 4) is 0 Å². The van der Waals surface area contributed by atoms with E-state index in [0.717, 1.165) is 57.7 Å². The van der Waals surface area contributed by atoms with Gasteiger partial charge < -0.3 is 15.3 Å². The molecule has 0 aromatic rings. The van der Waals surface area contributed by atoms with Crippen LogP contribution in [0.1, 0.15) is 71.6 Å². The summed E-state index contributed by atoms with van der Waals surface area (Å²) < 4.78 is 38.9. The van der Waals surface area contributed by atoms with E-state index in [2.05, 4.69) is 42.0 Å². The Morgan fingerprint density at radius 3 is 2.43 bits per heavy atom. The third-order valence-corrected chi connectivity index (χ3v) is 8.61. The van der Waals surface area contributed by atoms with Crippen molar-refractivity contribution in [3.05, 3.63) is 47.9 Å². The first kappa shape index (κ1) is 27.6. The first-order valence-corrected chi connectivity index (χ1v) is 13.4. The minimum atomic E-state index is -4.63. The van der Waals surface area contributed by atoms with Crippen molar-refractivity contribution in [1.82, 2.24) is 15.1 Å². The van der Waals surface area contributed by atoms with Gasteiger partial charge in [-0.15, -0.1) is 0 Å². The van der Waals surface area contributed by atoms with Crippen LogP contribution in [-0.4, -0.2) is 69.6 Å². The zero-order chi connectivity index (χ0) is 26.9. The van der Waals surface area contributed by atoms with Crippen molar-refractivity contribution in [1.29, 1.82) is 0 Å². The molecule has 2 amide bonds. The van der Waals surface area contributed by atoms with Gasteiger partial charge in [-0.2, -0.15) is 13.2 Å². The zero-order valence-corrected chi connectivity index (χ0v) is 21.9. The maximum Gasteiger partial charge on any atom is 0.432 e. The van der Waals surface area contributed by atoms with Crippen molar-refractivity contribution in [2.75, 3.05) is 19.6 Å². The summed E-state index contributed by atoms with van der Waals surface area (Å²) in [6.07, 6.45) is 12.2. The molecule has 2 N–H and O–H groups in total. The number of rotatable bonds is 8. The fraction of sp³-hybridized carbons (Fsp3) is 0.643. The van der Waals surface area contributed by atoms with Crippen molar-refractivity contribution in [2.45, 2.75) is 94.5 Å². The summed E-state index contributed by atoms with van der Waals surface area (Å²) in [5.41, 5.74) is -1.19. The number of halogens is 3. The number of aliphatic imine (C=N–C) groups is 1. The van der Waals surface area contributed by atoms with Crippen molar-refractivity contribution >= 4 is 12.2 Å². The van der Waals surface area contributed by atoms with Crippen LogP contribution in [0.25, 0.3) is 0 Å². The second-order valence-electron chi connectivity index (χ2n) is 10.9. The maximum atomic E-state index is 13.8. The topological polar surface area (TPSA) is 68.2 Å². The van der Waals surface area contributed by atoms with Crippen LogP contribution in [-0.2, 0) is 0 Å². The van der Waals surface area contributed by atoms with E-state index >= 15 is 0 Å². The number of amides is 2. The van der Waals surface area contributed by atoms with E-state index in [0.29, 0.717) is 25.1 Å². The number of carbonyl (C=O) groups excluding carboxylic acids is 1. The van der Waals surface area contributed by atoms with Gasteiger partial charge in [0.2, 0.25) is 0 Å². The van der Waals surface area contributed by atoms with Gasteiger partial charge >= 0.3 is 12.2 Å². The highest BCUT2D eigenvalue weighted by atomic mass is 19.4. The van der Waals surface area contributed by atoms with Gasteiger partial charge in [0.05, 0.1) is 36.1 Å². The van der Waals surface area contributed by atoms with E-state index in [4.69, 9.17) is 0 Å². The van der Waals surface area contributed by atoms with Gasteiger partial charge in [-0.05, 0) is 76.8 Å². The second kappa shape index (κ2) is 10.4. The van der Waals surface area contributed by atoms with Crippen molar-refractivity contribution < 1.29 is 23.1 Å². The van der Waals surface area contributed by atoms with Gasteiger partial charge in [0.25, 0.3) is 0 Å². The van der Waals surface area contributed by atoms with Gasteiger partial charge in [0, 0.05) is 5.54 Å². The summed E-state index contributed by atoms with van der Waals surface area (Å²) in [5.74, 6) is 0. The smallest absolute Gasteiger partial charge is 0.388 e. The normalized spacial score (nSPS) is 30.3. The van der Waals surface area contributed by atoms with Gasteiger partial charge in [0.1, 0.15) is 5.70 Å². The standard InChI is InChI=1S/C28H39F3N4O2/c1-4-23(18-32-21(3)28(29,30)31)34-19-25(35(24(34)36)20-26(37)12-9-13-26)14-16-27(17-15-25,33-5-2)22-10-7-6-8-11-22/h4,7,10-11,18,33,37H,3,5-6,8-9,12-17,19-20H2,1-2H3/b23-4+,32-18-/t25-,27+. The van der Waals surface area contributed by atoms with E-state index in [9.17, 15) is 23.1 Å².